The maximum atomic E-state index is 12.3. The second-order valence-electron chi connectivity index (χ2n) is 6.55. The highest BCUT2D eigenvalue weighted by atomic mass is 16.6. The molecule has 2 aromatic carbocycles. The molecule has 24 heavy (non-hydrogen) atoms. The van der Waals surface area contributed by atoms with Gasteiger partial charge in [-0.1, -0.05) is 45.0 Å². The number of nitrogens with two attached hydrogens (primary N) is 1. The van der Waals surface area contributed by atoms with Crippen LogP contribution in [0.1, 0.15) is 42.3 Å². The molecule has 0 bridgehead atoms. The summed E-state index contributed by atoms with van der Waals surface area (Å²) in [7, 11) is 0. The summed E-state index contributed by atoms with van der Waals surface area (Å²) in [4.78, 5) is 23.5. The van der Waals surface area contributed by atoms with Crippen LogP contribution in [0.2, 0.25) is 0 Å². The summed E-state index contributed by atoms with van der Waals surface area (Å²) < 4.78 is 10.5. The molecular formula is C19H21NO4. The Bertz CT molecular complexity index is 761. The smallest absolute Gasteiger partial charge is 0.410 e. The number of aryl methyl sites for hydroxylation is 1. The zero-order chi connectivity index (χ0) is 17.9. The third-order valence-corrected chi connectivity index (χ3v) is 3.52. The third-order valence-electron chi connectivity index (χ3n) is 3.52. The van der Waals surface area contributed by atoms with Crippen LogP contribution in [-0.4, -0.2) is 12.1 Å². The zero-order valence-electron chi connectivity index (χ0n) is 14.3. The molecule has 0 unspecified atom stereocenters. The summed E-state index contributed by atoms with van der Waals surface area (Å²) in [5.74, 6) is -0.205. The van der Waals surface area contributed by atoms with Gasteiger partial charge in [-0.25, -0.2) is 9.59 Å². The van der Waals surface area contributed by atoms with Gasteiger partial charge in [-0.3, -0.25) is 0 Å². The summed E-state index contributed by atoms with van der Waals surface area (Å²) in [5.41, 5.74) is 7.01. The fourth-order valence-electron chi connectivity index (χ4n) is 2.22. The van der Waals surface area contributed by atoms with Crippen LogP contribution in [-0.2, 0) is 5.41 Å². The highest BCUT2D eigenvalue weighted by Crippen LogP contribution is 2.37. The Kier molecular flexibility index (Phi) is 4.93. The lowest BCUT2D eigenvalue weighted by molar-refractivity contribution is 0.0728. The first-order valence-corrected chi connectivity index (χ1v) is 7.58. The van der Waals surface area contributed by atoms with Crippen molar-refractivity contribution in [2.45, 2.75) is 33.1 Å². The van der Waals surface area contributed by atoms with E-state index in [9.17, 15) is 9.59 Å². The van der Waals surface area contributed by atoms with Gasteiger partial charge in [0.05, 0.1) is 5.56 Å². The molecule has 2 aromatic rings. The molecule has 2 rings (SSSR count). The predicted octanol–water partition coefficient (Wildman–Crippen LogP) is 3.97. The summed E-state index contributed by atoms with van der Waals surface area (Å²) in [6, 6.07) is 12.2. The number of hydrogen-bond donors (Lipinski definition) is 1. The van der Waals surface area contributed by atoms with Crippen LogP contribution in [0, 0.1) is 6.92 Å². The molecular weight excluding hydrogens is 306 g/mol. The van der Waals surface area contributed by atoms with Crippen LogP contribution in [0.25, 0.3) is 0 Å². The molecule has 0 saturated heterocycles. The van der Waals surface area contributed by atoms with E-state index in [1.807, 2.05) is 32.9 Å². The van der Waals surface area contributed by atoms with Gasteiger partial charge in [0, 0.05) is 0 Å². The molecule has 0 aromatic heterocycles. The topological polar surface area (TPSA) is 78.6 Å². The van der Waals surface area contributed by atoms with Gasteiger partial charge in [0.1, 0.15) is 0 Å². The van der Waals surface area contributed by atoms with Crippen LogP contribution in [0.15, 0.2) is 42.5 Å². The molecule has 0 aliphatic carbocycles. The van der Waals surface area contributed by atoms with E-state index in [0.717, 1.165) is 5.56 Å². The number of rotatable bonds is 3. The Balaban J connectivity index is 2.44. The van der Waals surface area contributed by atoms with E-state index in [1.165, 1.54) is 0 Å². The fourth-order valence-corrected chi connectivity index (χ4v) is 2.22. The van der Waals surface area contributed by atoms with Crippen LogP contribution in [0.4, 0.5) is 4.79 Å². The Morgan fingerprint density at radius 2 is 1.62 bits per heavy atom. The molecule has 0 fully saturated rings. The first kappa shape index (κ1) is 17.5. The minimum absolute atomic E-state index is 0.136. The number of carbonyl (C=O) groups excluding carboxylic acids is 2. The van der Waals surface area contributed by atoms with E-state index in [0.29, 0.717) is 11.1 Å². The van der Waals surface area contributed by atoms with Crippen molar-refractivity contribution < 1.29 is 19.1 Å². The van der Waals surface area contributed by atoms with Gasteiger partial charge in [-0.15, -0.1) is 0 Å². The third kappa shape index (κ3) is 4.13. The van der Waals surface area contributed by atoms with Crippen molar-refractivity contribution in [2.24, 2.45) is 5.73 Å². The van der Waals surface area contributed by atoms with E-state index in [-0.39, 0.29) is 16.9 Å². The van der Waals surface area contributed by atoms with Crippen LogP contribution < -0.4 is 15.2 Å². The first-order valence-electron chi connectivity index (χ1n) is 7.58. The lowest BCUT2D eigenvalue weighted by atomic mass is 9.86. The van der Waals surface area contributed by atoms with Crippen molar-refractivity contribution in [1.29, 1.82) is 0 Å². The predicted molar refractivity (Wildman–Crippen MR) is 91.5 cm³/mol. The summed E-state index contributed by atoms with van der Waals surface area (Å²) >= 11 is 0. The minimum atomic E-state index is -0.961. The molecule has 126 valence electrons. The van der Waals surface area contributed by atoms with E-state index in [2.05, 4.69) is 0 Å². The van der Waals surface area contributed by atoms with Crippen LogP contribution >= 0.6 is 0 Å². The Labute approximate surface area is 141 Å². The standard InChI is InChI=1S/C19H21NO4/c1-12-10-14(19(2,3)4)11-15(23-18(20)22)16(12)24-17(21)13-8-6-5-7-9-13/h5-11H,1-4H3,(H2,20,22). The van der Waals surface area contributed by atoms with Gasteiger partial charge in [-0.2, -0.15) is 0 Å². The molecule has 2 N–H and O–H groups in total. The lowest BCUT2D eigenvalue weighted by Crippen LogP contribution is -2.19. The highest BCUT2D eigenvalue weighted by Gasteiger charge is 2.22. The molecule has 0 saturated carbocycles. The number of amides is 1. The van der Waals surface area contributed by atoms with Gasteiger partial charge in [0.2, 0.25) is 0 Å². The molecule has 0 atom stereocenters. The lowest BCUT2D eigenvalue weighted by Gasteiger charge is -2.22. The number of esters is 1. The summed E-state index contributed by atoms with van der Waals surface area (Å²) in [6.45, 7) is 7.89. The number of hydrogen-bond acceptors (Lipinski definition) is 4. The number of benzene rings is 2. The molecule has 0 heterocycles. The van der Waals surface area contributed by atoms with Crippen molar-refractivity contribution >= 4 is 12.1 Å². The quantitative estimate of drug-likeness (QED) is 0.683. The largest absolute Gasteiger partial charge is 0.419 e. The molecule has 0 aliphatic rings. The van der Waals surface area contributed by atoms with Crippen molar-refractivity contribution in [3.63, 3.8) is 0 Å². The second-order valence-corrected chi connectivity index (χ2v) is 6.55. The average Bonchev–Trinajstić information content (AvgIpc) is 2.49. The van der Waals surface area contributed by atoms with Crippen molar-refractivity contribution in [2.75, 3.05) is 0 Å². The summed E-state index contributed by atoms with van der Waals surface area (Å²) in [5, 5.41) is 0. The Morgan fingerprint density at radius 3 is 2.17 bits per heavy atom. The molecule has 1 amide bonds. The molecule has 0 radical (unpaired) electrons. The van der Waals surface area contributed by atoms with E-state index >= 15 is 0 Å². The molecule has 5 nitrogen and oxygen atoms in total. The summed E-state index contributed by atoms with van der Waals surface area (Å²) in [6.07, 6.45) is -0.961. The van der Waals surface area contributed by atoms with E-state index in [1.54, 1.807) is 37.3 Å². The van der Waals surface area contributed by atoms with Gasteiger partial charge in [0.25, 0.3) is 0 Å². The highest BCUT2D eigenvalue weighted by molar-refractivity contribution is 5.91. The molecule has 5 heteroatoms. The van der Waals surface area contributed by atoms with Crippen molar-refractivity contribution in [3.05, 3.63) is 59.2 Å². The van der Waals surface area contributed by atoms with E-state index in [4.69, 9.17) is 15.2 Å². The van der Waals surface area contributed by atoms with Crippen LogP contribution in [0.5, 0.6) is 11.5 Å². The molecule has 0 aliphatic heterocycles. The SMILES string of the molecule is Cc1cc(C(C)(C)C)cc(OC(N)=O)c1OC(=O)c1ccccc1. The van der Waals surface area contributed by atoms with Gasteiger partial charge >= 0.3 is 12.1 Å². The van der Waals surface area contributed by atoms with Gasteiger partial charge in [0.15, 0.2) is 11.5 Å². The van der Waals surface area contributed by atoms with Gasteiger partial charge in [-0.05, 0) is 41.7 Å². The van der Waals surface area contributed by atoms with Gasteiger partial charge < -0.3 is 15.2 Å². The normalized spacial score (nSPS) is 11.0. The number of ether oxygens (including phenoxy) is 2. The average molecular weight is 327 g/mol. The first-order chi connectivity index (χ1) is 11.2. The monoisotopic (exact) mass is 327 g/mol. The van der Waals surface area contributed by atoms with E-state index < -0.39 is 12.1 Å². The number of carbonyl (C=O) groups is 2. The fraction of sp³-hybridized carbons (Fsp3) is 0.263. The second kappa shape index (κ2) is 6.74. The van der Waals surface area contributed by atoms with Crippen molar-refractivity contribution in [1.82, 2.24) is 0 Å². The Hall–Kier alpha value is -2.82. The minimum Gasteiger partial charge on any atom is -0.419 e. The maximum absolute atomic E-state index is 12.3. The number of primary amides is 1. The zero-order valence-corrected chi connectivity index (χ0v) is 14.3. The molecule has 0 spiro atoms. The Morgan fingerprint density at radius 1 is 1.00 bits per heavy atom. The maximum Gasteiger partial charge on any atom is 0.410 e. The van der Waals surface area contributed by atoms with Crippen molar-refractivity contribution in [3.8, 4) is 11.5 Å². The van der Waals surface area contributed by atoms with Crippen LogP contribution in [0.3, 0.4) is 0 Å².